The summed E-state index contributed by atoms with van der Waals surface area (Å²) in [6.45, 7) is 3.12. The Labute approximate surface area is 87.7 Å². The molecule has 1 aliphatic heterocycles. The number of rotatable bonds is 4. The van der Waals surface area contributed by atoms with Crippen molar-refractivity contribution in [3.63, 3.8) is 0 Å². The summed E-state index contributed by atoms with van der Waals surface area (Å²) in [4.78, 5) is 21.8. The fraction of sp³-hybridized carbons (Fsp3) is 0.778. The first kappa shape index (κ1) is 11.9. The number of carbonyl (C=O) groups excluding carboxylic acids is 1. The molecule has 0 aliphatic carbocycles. The minimum Gasteiger partial charge on any atom is -0.479 e. The first-order valence-corrected chi connectivity index (χ1v) is 4.91. The zero-order chi connectivity index (χ0) is 11.4. The summed E-state index contributed by atoms with van der Waals surface area (Å²) in [5.41, 5.74) is 0. The highest BCUT2D eigenvalue weighted by atomic mass is 16.4. The van der Waals surface area contributed by atoms with E-state index in [1.165, 1.54) is 0 Å². The first-order valence-electron chi connectivity index (χ1n) is 4.91. The molecule has 6 heteroatoms. The van der Waals surface area contributed by atoms with Crippen molar-refractivity contribution >= 4 is 11.9 Å². The summed E-state index contributed by atoms with van der Waals surface area (Å²) >= 11 is 0. The van der Waals surface area contributed by atoms with Gasteiger partial charge in [0, 0.05) is 6.54 Å². The Bertz CT molecular complexity index is 256. The van der Waals surface area contributed by atoms with E-state index in [4.69, 9.17) is 10.2 Å². The van der Waals surface area contributed by atoms with Crippen LogP contribution in [-0.4, -0.2) is 47.8 Å². The molecule has 6 nitrogen and oxygen atoms in total. The van der Waals surface area contributed by atoms with Gasteiger partial charge >= 0.3 is 5.97 Å². The third-order valence-electron chi connectivity index (χ3n) is 2.61. The van der Waals surface area contributed by atoms with Crippen molar-refractivity contribution in [1.29, 1.82) is 0 Å². The number of nitrogens with one attached hydrogen (secondary N) is 2. The van der Waals surface area contributed by atoms with Gasteiger partial charge < -0.3 is 20.8 Å². The average molecular weight is 216 g/mol. The standard InChI is InChI=1S/C9H16N2O4/c1-5-2-10-3-6(5)8(13)11-4-7(12)9(14)15/h5-7,10,12H,2-4H2,1H3,(H,11,13)(H,14,15)/t5?,6?,7-/m0/s1. The van der Waals surface area contributed by atoms with Crippen LogP contribution >= 0.6 is 0 Å². The molecule has 1 fully saturated rings. The van der Waals surface area contributed by atoms with Crippen molar-refractivity contribution < 1.29 is 19.8 Å². The number of aliphatic carboxylic acids is 1. The first-order chi connectivity index (χ1) is 7.02. The molecule has 86 valence electrons. The van der Waals surface area contributed by atoms with Gasteiger partial charge in [0.05, 0.1) is 12.5 Å². The van der Waals surface area contributed by atoms with E-state index in [1.54, 1.807) is 0 Å². The van der Waals surface area contributed by atoms with Crippen molar-refractivity contribution in [3.8, 4) is 0 Å². The predicted molar refractivity (Wildman–Crippen MR) is 52.2 cm³/mol. The Balaban J connectivity index is 2.32. The summed E-state index contributed by atoms with van der Waals surface area (Å²) in [5.74, 6) is -1.42. The molecule has 0 spiro atoms. The second kappa shape index (κ2) is 5.09. The number of amides is 1. The molecule has 0 radical (unpaired) electrons. The fourth-order valence-electron chi connectivity index (χ4n) is 1.58. The molecule has 0 bridgehead atoms. The minimum absolute atomic E-state index is 0.133. The lowest BCUT2D eigenvalue weighted by molar-refractivity contribution is -0.146. The highest BCUT2D eigenvalue weighted by molar-refractivity contribution is 5.80. The van der Waals surface area contributed by atoms with Crippen LogP contribution in [0.15, 0.2) is 0 Å². The van der Waals surface area contributed by atoms with Crippen LogP contribution in [-0.2, 0) is 9.59 Å². The summed E-state index contributed by atoms with van der Waals surface area (Å²) in [6, 6.07) is 0. The number of aliphatic hydroxyl groups is 1. The molecule has 1 heterocycles. The molecule has 0 aromatic rings. The molecule has 15 heavy (non-hydrogen) atoms. The fourth-order valence-corrected chi connectivity index (χ4v) is 1.58. The van der Waals surface area contributed by atoms with Gasteiger partial charge in [-0.1, -0.05) is 6.92 Å². The Morgan fingerprint density at radius 1 is 1.53 bits per heavy atom. The number of aliphatic hydroxyl groups excluding tert-OH is 1. The Hall–Kier alpha value is -1.14. The third-order valence-corrected chi connectivity index (χ3v) is 2.61. The molecule has 1 saturated heterocycles. The number of carboxylic acids is 1. The quantitative estimate of drug-likeness (QED) is 0.454. The summed E-state index contributed by atoms with van der Waals surface area (Å²) in [7, 11) is 0. The summed E-state index contributed by atoms with van der Waals surface area (Å²) in [5, 5.41) is 22.9. The molecule has 0 aromatic heterocycles. The van der Waals surface area contributed by atoms with Crippen LogP contribution in [0, 0.1) is 11.8 Å². The smallest absolute Gasteiger partial charge is 0.334 e. The van der Waals surface area contributed by atoms with E-state index < -0.39 is 12.1 Å². The van der Waals surface area contributed by atoms with E-state index in [1.807, 2.05) is 6.92 Å². The highest BCUT2D eigenvalue weighted by Crippen LogP contribution is 2.15. The van der Waals surface area contributed by atoms with Crippen LogP contribution in [0.3, 0.4) is 0 Å². The number of hydrogen-bond donors (Lipinski definition) is 4. The van der Waals surface area contributed by atoms with Crippen LogP contribution in [0.2, 0.25) is 0 Å². The second-order valence-corrected chi connectivity index (χ2v) is 3.84. The van der Waals surface area contributed by atoms with E-state index in [0.29, 0.717) is 6.54 Å². The van der Waals surface area contributed by atoms with Gasteiger partial charge in [-0.3, -0.25) is 4.79 Å². The van der Waals surface area contributed by atoms with Crippen LogP contribution in [0.25, 0.3) is 0 Å². The summed E-state index contributed by atoms with van der Waals surface area (Å²) in [6.07, 6.45) is -1.53. The monoisotopic (exact) mass is 216 g/mol. The van der Waals surface area contributed by atoms with E-state index in [-0.39, 0.29) is 24.3 Å². The predicted octanol–water partition coefficient (Wildman–Crippen LogP) is -1.60. The van der Waals surface area contributed by atoms with Gasteiger partial charge in [-0.05, 0) is 12.5 Å². The third kappa shape index (κ3) is 3.17. The maximum atomic E-state index is 11.5. The van der Waals surface area contributed by atoms with Crippen molar-refractivity contribution in [2.24, 2.45) is 11.8 Å². The van der Waals surface area contributed by atoms with Gasteiger partial charge in [0.15, 0.2) is 6.10 Å². The Kier molecular flexibility index (Phi) is 4.05. The van der Waals surface area contributed by atoms with Crippen LogP contribution in [0.1, 0.15) is 6.92 Å². The molecule has 0 saturated carbocycles. The molecular formula is C9H16N2O4. The number of carbonyl (C=O) groups is 2. The van der Waals surface area contributed by atoms with Crippen molar-refractivity contribution in [2.45, 2.75) is 13.0 Å². The maximum absolute atomic E-state index is 11.5. The normalized spacial score (nSPS) is 27.3. The lowest BCUT2D eigenvalue weighted by Gasteiger charge is -2.14. The lowest BCUT2D eigenvalue weighted by Crippen LogP contribution is -2.41. The van der Waals surface area contributed by atoms with Gasteiger partial charge in [0.25, 0.3) is 0 Å². The largest absolute Gasteiger partial charge is 0.479 e. The molecule has 2 unspecified atom stereocenters. The number of hydrogen-bond acceptors (Lipinski definition) is 4. The SMILES string of the molecule is CC1CNCC1C(=O)NC[C@H](O)C(=O)O. The van der Waals surface area contributed by atoms with Gasteiger partial charge in [-0.15, -0.1) is 0 Å². The summed E-state index contributed by atoms with van der Waals surface area (Å²) < 4.78 is 0. The van der Waals surface area contributed by atoms with E-state index in [0.717, 1.165) is 6.54 Å². The van der Waals surface area contributed by atoms with Crippen LogP contribution < -0.4 is 10.6 Å². The number of carboxylic acid groups (broad SMARTS) is 1. The molecule has 3 atom stereocenters. The van der Waals surface area contributed by atoms with Crippen molar-refractivity contribution in [1.82, 2.24) is 10.6 Å². The lowest BCUT2D eigenvalue weighted by atomic mass is 9.97. The van der Waals surface area contributed by atoms with Crippen molar-refractivity contribution in [3.05, 3.63) is 0 Å². The molecule has 1 rings (SSSR count). The van der Waals surface area contributed by atoms with Gasteiger partial charge in [0.1, 0.15) is 0 Å². The molecule has 1 aliphatic rings. The Morgan fingerprint density at radius 3 is 2.67 bits per heavy atom. The molecule has 1 amide bonds. The van der Waals surface area contributed by atoms with Crippen LogP contribution in [0.4, 0.5) is 0 Å². The van der Waals surface area contributed by atoms with Gasteiger partial charge in [0.2, 0.25) is 5.91 Å². The molecule has 4 N–H and O–H groups in total. The van der Waals surface area contributed by atoms with Gasteiger partial charge in [-0.2, -0.15) is 0 Å². The van der Waals surface area contributed by atoms with Gasteiger partial charge in [-0.25, -0.2) is 4.79 Å². The van der Waals surface area contributed by atoms with E-state index in [9.17, 15) is 9.59 Å². The van der Waals surface area contributed by atoms with E-state index in [2.05, 4.69) is 10.6 Å². The zero-order valence-electron chi connectivity index (χ0n) is 8.56. The minimum atomic E-state index is -1.53. The van der Waals surface area contributed by atoms with E-state index >= 15 is 0 Å². The molecule has 0 aromatic carbocycles. The van der Waals surface area contributed by atoms with Crippen LogP contribution in [0.5, 0.6) is 0 Å². The van der Waals surface area contributed by atoms with Crippen molar-refractivity contribution in [2.75, 3.05) is 19.6 Å². The maximum Gasteiger partial charge on any atom is 0.334 e. The average Bonchev–Trinajstić information content (AvgIpc) is 2.60. The topological polar surface area (TPSA) is 98.7 Å². The Morgan fingerprint density at radius 2 is 2.20 bits per heavy atom. The molecular weight excluding hydrogens is 200 g/mol. The second-order valence-electron chi connectivity index (χ2n) is 3.84. The highest BCUT2D eigenvalue weighted by Gasteiger charge is 2.29. The zero-order valence-corrected chi connectivity index (χ0v) is 8.56.